The third kappa shape index (κ3) is 2.53. The van der Waals surface area contributed by atoms with E-state index in [1.807, 2.05) is 19.4 Å². The largest absolute Gasteiger partial charge is 0.353 e. The molecule has 15 heavy (non-hydrogen) atoms. The van der Waals surface area contributed by atoms with Crippen molar-refractivity contribution in [2.75, 3.05) is 11.6 Å². The molecule has 2 rings (SSSR count). The molecule has 1 aromatic carbocycles. The predicted octanol–water partition coefficient (Wildman–Crippen LogP) is 2.89. The van der Waals surface area contributed by atoms with Crippen molar-refractivity contribution in [3.05, 3.63) is 36.7 Å². The van der Waals surface area contributed by atoms with Crippen LogP contribution in [0.5, 0.6) is 0 Å². The topological polar surface area (TPSA) is 29.9 Å². The molecule has 3 nitrogen and oxygen atoms in total. The van der Waals surface area contributed by atoms with E-state index in [4.69, 9.17) is 0 Å². The number of hydrogen-bond acceptors (Lipinski definition) is 3. The smallest absolute Gasteiger partial charge is 0.0770 e. The van der Waals surface area contributed by atoms with Gasteiger partial charge in [0, 0.05) is 23.8 Å². The summed E-state index contributed by atoms with van der Waals surface area (Å²) in [5, 5.41) is 7.38. The highest BCUT2D eigenvalue weighted by molar-refractivity contribution is 7.98. The maximum absolute atomic E-state index is 4.10. The molecule has 0 bridgehead atoms. The van der Waals surface area contributed by atoms with Crippen LogP contribution in [0, 0.1) is 0 Å². The fourth-order valence-electron chi connectivity index (χ4n) is 1.33. The number of nitrogens with zero attached hydrogens (tertiary/aromatic N) is 2. The van der Waals surface area contributed by atoms with Gasteiger partial charge in [-0.25, -0.2) is 0 Å². The molecule has 0 aliphatic heterocycles. The third-order valence-corrected chi connectivity index (χ3v) is 2.83. The molecule has 0 spiro atoms. The predicted molar refractivity (Wildman–Crippen MR) is 64.7 cm³/mol. The molecule has 0 unspecified atom stereocenters. The van der Waals surface area contributed by atoms with Crippen LogP contribution in [-0.4, -0.2) is 16.0 Å². The molecule has 0 radical (unpaired) electrons. The van der Waals surface area contributed by atoms with E-state index in [0.717, 1.165) is 11.4 Å². The summed E-state index contributed by atoms with van der Waals surface area (Å²) in [7, 11) is 1.90. The number of nitrogens with one attached hydrogen (secondary N) is 1. The number of hydrogen-bond donors (Lipinski definition) is 1. The molecule has 1 N–H and O–H groups in total. The zero-order chi connectivity index (χ0) is 10.7. The molecular weight excluding hydrogens is 206 g/mol. The Bertz CT molecular complexity index is 433. The highest BCUT2D eigenvalue weighted by Crippen LogP contribution is 2.20. The summed E-state index contributed by atoms with van der Waals surface area (Å²) in [5.74, 6) is 0. The van der Waals surface area contributed by atoms with Crippen LogP contribution in [0.25, 0.3) is 0 Å². The first-order valence-electron chi connectivity index (χ1n) is 4.67. The van der Waals surface area contributed by atoms with Crippen molar-refractivity contribution in [2.45, 2.75) is 4.90 Å². The van der Waals surface area contributed by atoms with Gasteiger partial charge in [0.05, 0.1) is 11.9 Å². The molecule has 0 saturated heterocycles. The second-order valence-corrected chi connectivity index (χ2v) is 4.14. The number of benzene rings is 1. The van der Waals surface area contributed by atoms with Crippen LogP contribution in [-0.2, 0) is 7.05 Å². The molecule has 0 aliphatic carbocycles. The molecule has 0 fully saturated rings. The molecular formula is C11H13N3S. The Morgan fingerprint density at radius 1 is 1.20 bits per heavy atom. The van der Waals surface area contributed by atoms with Crippen molar-refractivity contribution in [1.82, 2.24) is 9.78 Å². The lowest BCUT2D eigenvalue weighted by molar-refractivity contribution is 0.768. The zero-order valence-corrected chi connectivity index (χ0v) is 9.58. The standard InChI is InChI=1S/C11H13N3S/c1-14-8-10(7-12-14)13-9-3-5-11(15-2)6-4-9/h3-8,13H,1-2H3. The normalized spacial score (nSPS) is 10.3. The fourth-order valence-corrected chi connectivity index (χ4v) is 1.74. The lowest BCUT2D eigenvalue weighted by Gasteiger charge is -2.03. The Morgan fingerprint density at radius 3 is 2.47 bits per heavy atom. The van der Waals surface area contributed by atoms with E-state index < -0.39 is 0 Å². The van der Waals surface area contributed by atoms with Crippen LogP contribution in [0.4, 0.5) is 11.4 Å². The molecule has 78 valence electrons. The van der Waals surface area contributed by atoms with Crippen molar-refractivity contribution in [3.8, 4) is 0 Å². The highest BCUT2D eigenvalue weighted by Gasteiger charge is 1.96. The minimum atomic E-state index is 1.01. The van der Waals surface area contributed by atoms with E-state index in [2.05, 4.69) is 40.9 Å². The van der Waals surface area contributed by atoms with Gasteiger partial charge in [-0.05, 0) is 30.5 Å². The van der Waals surface area contributed by atoms with Crippen molar-refractivity contribution in [3.63, 3.8) is 0 Å². The van der Waals surface area contributed by atoms with E-state index in [1.165, 1.54) is 4.90 Å². The molecule has 4 heteroatoms. The second-order valence-electron chi connectivity index (χ2n) is 3.26. The van der Waals surface area contributed by atoms with E-state index in [0.29, 0.717) is 0 Å². The number of thioether (sulfide) groups is 1. The number of aromatic nitrogens is 2. The highest BCUT2D eigenvalue weighted by atomic mass is 32.2. The first-order chi connectivity index (χ1) is 7.28. The van der Waals surface area contributed by atoms with Gasteiger partial charge in [0.1, 0.15) is 0 Å². The van der Waals surface area contributed by atoms with Crippen LogP contribution in [0.2, 0.25) is 0 Å². The van der Waals surface area contributed by atoms with E-state index >= 15 is 0 Å². The van der Waals surface area contributed by atoms with Crippen molar-refractivity contribution < 1.29 is 0 Å². The molecule has 0 atom stereocenters. The molecule has 2 aromatic rings. The number of anilines is 2. The summed E-state index contributed by atoms with van der Waals surface area (Å²) >= 11 is 1.74. The first kappa shape index (κ1) is 10.1. The molecule has 1 heterocycles. The Balaban J connectivity index is 2.11. The van der Waals surface area contributed by atoms with Crippen molar-refractivity contribution in [2.24, 2.45) is 7.05 Å². The monoisotopic (exact) mass is 219 g/mol. The SMILES string of the molecule is CSc1ccc(Nc2cnn(C)c2)cc1. The Labute approximate surface area is 93.5 Å². The molecule has 0 saturated carbocycles. The van der Waals surface area contributed by atoms with Gasteiger partial charge in [-0.15, -0.1) is 11.8 Å². The van der Waals surface area contributed by atoms with Crippen LogP contribution >= 0.6 is 11.8 Å². The fraction of sp³-hybridized carbons (Fsp3) is 0.182. The number of rotatable bonds is 3. The van der Waals surface area contributed by atoms with Crippen LogP contribution in [0.1, 0.15) is 0 Å². The minimum absolute atomic E-state index is 1.01. The van der Waals surface area contributed by atoms with Crippen molar-refractivity contribution in [1.29, 1.82) is 0 Å². The van der Waals surface area contributed by atoms with Gasteiger partial charge in [0.15, 0.2) is 0 Å². The number of aryl methyl sites for hydroxylation is 1. The third-order valence-electron chi connectivity index (χ3n) is 2.08. The average molecular weight is 219 g/mol. The molecule has 0 amide bonds. The Kier molecular flexibility index (Phi) is 2.97. The van der Waals surface area contributed by atoms with Crippen molar-refractivity contribution >= 4 is 23.1 Å². The summed E-state index contributed by atoms with van der Waals surface area (Å²) in [5.41, 5.74) is 2.09. The summed E-state index contributed by atoms with van der Waals surface area (Å²) in [6.07, 6.45) is 5.83. The van der Waals surface area contributed by atoms with E-state index in [-0.39, 0.29) is 0 Å². The van der Waals surface area contributed by atoms with Gasteiger partial charge in [0.2, 0.25) is 0 Å². The Hall–Kier alpha value is -1.42. The first-order valence-corrected chi connectivity index (χ1v) is 5.90. The maximum Gasteiger partial charge on any atom is 0.0770 e. The van der Waals surface area contributed by atoms with Gasteiger partial charge in [-0.1, -0.05) is 0 Å². The van der Waals surface area contributed by atoms with Gasteiger partial charge < -0.3 is 5.32 Å². The van der Waals surface area contributed by atoms with Gasteiger partial charge in [-0.3, -0.25) is 4.68 Å². The van der Waals surface area contributed by atoms with Gasteiger partial charge >= 0.3 is 0 Å². The van der Waals surface area contributed by atoms with Gasteiger partial charge in [-0.2, -0.15) is 5.10 Å². The van der Waals surface area contributed by atoms with Crippen LogP contribution in [0.15, 0.2) is 41.6 Å². The van der Waals surface area contributed by atoms with Gasteiger partial charge in [0.25, 0.3) is 0 Å². The van der Waals surface area contributed by atoms with E-state index in [1.54, 1.807) is 16.4 Å². The summed E-state index contributed by atoms with van der Waals surface area (Å²) in [4.78, 5) is 1.27. The quantitative estimate of drug-likeness (QED) is 0.805. The maximum atomic E-state index is 4.10. The minimum Gasteiger partial charge on any atom is -0.353 e. The zero-order valence-electron chi connectivity index (χ0n) is 8.77. The lowest BCUT2D eigenvalue weighted by Crippen LogP contribution is -1.88. The summed E-state index contributed by atoms with van der Waals surface area (Å²) in [6.45, 7) is 0. The summed E-state index contributed by atoms with van der Waals surface area (Å²) < 4.78 is 1.78. The average Bonchev–Trinajstić information content (AvgIpc) is 2.65. The molecule has 1 aromatic heterocycles. The van der Waals surface area contributed by atoms with E-state index in [9.17, 15) is 0 Å². The lowest BCUT2D eigenvalue weighted by atomic mass is 10.3. The van der Waals surface area contributed by atoms with Crippen LogP contribution < -0.4 is 5.32 Å². The second kappa shape index (κ2) is 4.40. The van der Waals surface area contributed by atoms with Crippen LogP contribution in [0.3, 0.4) is 0 Å². The summed E-state index contributed by atoms with van der Waals surface area (Å²) in [6, 6.07) is 8.34. The Morgan fingerprint density at radius 2 is 1.93 bits per heavy atom. The molecule has 0 aliphatic rings.